The lowest BCUT2D eigenvalue weighted by Crippen LogP contribution is -2.51. The molecule has 14 heavy (non-hydrogen) atoms. The summed E-state index contributed by atoms with van der Waals surface area (Å²) in [5, 5.41) is 0. The maximum atomic E-state index is 10.9. The van der Waals surface area contributed by atoms with Gasteiger partial charge in [-0.05, 0) is 33.1 Å². The quantitative estimate of drug-likeness (QED) is 0.620. The van der Waals surface area contributed by atoms with Crippen LogP contribution < -0.4 is 0 Å². The Bertz CT molecular complexity index is 183. The third-order valence-electron chi connectivity index (χ3n) is 3.60. The second-order valence-electron chi connectivity index (χ2n) is 4.69. The lowest BCUT2D eigenvalue weighted by Gasteiger charge is -2.40. The van der Waals surface area contributed by atoms with E-state index in [9.17, 15) is 4.79 Å². The fourth-order valence-electron chi connectivity index (χ4n) is 2.54. The molecule has 0 saturated carbocycles. The van der Waals surface area contributed by atoms with E-state index < -0.39 is 0 Å². The van der Waals surface area contributed by atoms with Crippen LogP contribution in [0, 0.1) is 0 Å². The summed E-state index contributed by atoms with van der Waals surface area (Å²) < 4.78 is 1.27. The van der Waals surface area contributed by atoms with E-state index in [1.165, 1.54) is 49.9 Å². The van der Waals surface area contributed by atoms with Gasteiger partial charge >= 0.3 is 0 Å². The zero-order chi connectivity index (χ0) is 10.4. The molecule has 0 aliphatic carbocycles. The van der Waals surface area contributed by atoms with Gasteiger partial charge in [0.25, 0.3) is 0 Å². The molecule has 0 N–H and O–H groups in total. The van der Waals surface area contributed by atoms with E-state index in [1.54, 1.807) is 6.92 Å². The van der Waals surface area contributed by atoms with E-state index in [2.05, 4.69) is 6.92 Å². The molecule has 0 unspecified atom stereocenters. The van der Waals surface area contributed by atoms with Crippen LogP contribution in [0.2, 0.25) is 0 Å². The molecule has 0 radical (unpaired) electrons. The van der Waals surface area contributed by atoms with E-state index in [1.807, 2.05) is 0 Å². The maximum absolute atomic E-state index is 10.9. The number of hydrogen-bond donors (Lipinski definition) is 0. The Morgan fingerprint density at radius 1 is 1.21 bits per heavy atom. The Hall–Kier alpha value is -0.370. The molecular weight excluding hydrogens is 174 g/mol. The van der Waals surface area contributed by atoms with Crippen molar-refractivity contribution in [2.75, 3.05) is 26.2 Å². The number of quaternary nitrogens is 1. The highest BCUT2D eigenvalue weighted by Crippen LogP contribution is 2.19. The van der Waals surface area contributed by atoms with Gasteiger partial charge in [0.1, 0.15) is 5.78 Å². The first-order chi connectivity index (χ1) is 6.68. The average Bonchev–Trinajstić information content (AvgIpc) is 2.19. The lowest BCUT2D eigenvalue weighted by atomic mass is 10.1. The largest absolute Gasteiger partial charge is 0.324 e. The normalized spacial score (nSPS) is 20.7. The summed E-state index contributed by atoms with van der Waals surface area (Å²) in [6.07, 6.45) is 6.04. The second-order valence-corrected chi connectivity index (χ2v) is 4.69. The average molecular weight is 198 g/mol. The van der Waals surface area contributed by atoms with Gasteiger partial charge in [-0.3, -0.25) is 0 Å². The minimum absolute atomic E-state index is 0.344. The molecule has 1 fully saturated rings. The number of hydrogen-bond acceptors (Lipinski definition) is 1. The van der Waals surface area contributed by atoms with Gasteiger partial charge in [-0.2, -0.15) is 0 Å². The standard InChI is InChI=1S/C12H24NO/c1-3-13(9-5-4-6-10-13)11-7-8-12(2)14/h3-11H2,1-2H3/q+1. The fraction of sp³-hybridized carbons (Fsp3) is 0.917. The molecule has 0 aromatic rings. The second kappa shape index (κ2) is 5.50. The summed E-state index contributed by atoms with van der Waals surface area (Å²) in [5.41, 5.74) is 0. The van der Waals surface area contributed by atoms with Crippen LogP contribution in [-0.2, 0) is 4.79 Å². The van der Waals surface area contributed by atoms with Crippen molar-refractivity contribution in [2.24, 2.45) is 0 Å². The number of Topliss-reactive ketones (excluding diaryl/α,β-unsaturated/α-hetero) is 1. The Morgan fingerprint density at radius 2 is 1.86 bits per heavy atom. The van der Waals surface area contributed by atoms with E-state index >= 15 is 0 Å². The number of likely N-dealkylation sites (tertiary alicyclic amines) is 1. The first-order valence-electron chi connectivity index (χ1n) is 6.03. The summed E-state index contributed by atoms with van der Waals surface area (Å²) in [7, 11) is 0. The van der Waals surface area contributed by atoms with Crippen molar-refractivity contribution in [3.05, 3.63) is 0 Å². The third-order valence-corrected chi connectivity index (χ3v) is 3.60. The summed E-state index contributed by atoms with van der Waals surface area (Å²) >= 11 is 0. The highest BCUT2D eigenvalue weighted by Gasteiger charge is 2.27. The topological polar surface area (TPSA) is 17.1 Å². The number of carbonyl (C=O) groups excluding carboxylic acids is 1. The zero-order valence-corrected chi connectivity index (χ0v) is 9.72. The molecule has 1 aliphatic heterocycles. The molecule has 2 heteroatoms. The van der Waals surface area contributed by atoms with Crippen LogP contribution >= 0.6 is 0 Å². The molecule has 1 heterocycles. The van der Waals surface area contributed by atoms with Gasteiger partial charge in [0, 0.05) is 12.8 Å². The molecule has 0 aromatic heterocycles. The van der Waals surface area contributed by atoms with Gasteiger partial charge in [0.05, 0.1) is 26.2 Å². The zero-order valence-electron chi connectivity index (χ0n) is 9.72. The van der Waals surface area contributed by atoms with Crippen LogP contribution in [0.15, 0.2) is 0 Å². The number of piperidine rings is 1. The van der Waals surface area contributed by atoms with E-state index in [0.29, 0.717) is 5.78 Å². The predicted octanol–water partition coefficient (Wildman–Crippen LogP) is 2.38. The van der Waals surface area contributed by atoms with Crippen molar-refractivity contribution < 1.29 is 9.28 Å². The van der Waals surface area contributed by atoms with Crippen LogP contribution in [-0.4, -0.2) is 36.4 Å². The Balaban J connectivity index is 2.32. The summed E-state index contributed by atoms with van der Waals surface area (Å²) in [6, 6.07) is 0. The van der Waals surface area contributed by atoms with Crippen molar-refractivity contribution in [3.8, 4) is 0 Å². The number of carbonyl (C=O) groups is 1. The molecule has 0 spiro atoms. The van der Waals surface area contributed by atoms with Gasteiger partial charge in [-0.25, -0.2) is 0 Å². The fourth-order valence-corrected chi connectivity index (χ4v) is 2.54. The minimum atomic E-state index is 0.344. The minimum Gasteiger partial charge on any atom is -0.324 e. The van der Waals surface area contributed by atoms with Crippen molar-refractivity contribution in [1.82, 2.24) is 0 Å². The number of nitrogens with zero attached hydrogens (tertiary/aromatic N) is 1. The molecule has 0 aromatic carbocycles. The Morgan fingerprint density at radius 3 is 2.36 bits per heavy atom. The van der Waals surface area contributed by atoms with Gasteiger partial charge < -0.3 is 9.28 Å². The predicted molar refractivity (Wildman–Crippen MR) is 59.2 cm³/mol. The van der Waals surface area contributed by atoms with Gasteiger partial charge in [-0.1, -0.05) is 0 Å². The van der Waals surface area contributed by atoms with Crippen LogP contribution in [0.5, 0.6) is 0 Å². The van der Waals surface area contributed by atoms with Gasteiger partial charge in [-0.15, -0.1) is 0 Å². The molecule has 2 nitrogen and oxygen atoms in total. The van der Waals surface area contributed by atoms with Crippen molar-refractivity contribution in [2.45, 2.75) is 46.0 Å². The summed E-state index contributed by atoms with van der Waals surface area (Å²) in [6.45, 7) is 9.14. The maximum Gasteiger partial charge on any atom is 0.130 e. The molecule has 1 rings (SSSR count). The molecule has 1 aliphatic rings. The third kappa shape index (κ3) is 3.41. The van der Waals surface area contributed by atoms with Gasteiger partial charge in [0.2, 0.25) is 0 Å². The lowest BCUT2D eigenvalue weighted by molar-refractivity contribution is -0.931. The first-order valence-corrected chi connectivity index (χ1v) is 6.03. The van der Waals surface area contributed by atoms with E-state index in [0.717, 1.165) is 12.8 Å². The van der Waals surface area contributed by atoms with Crippen LogP contribution in [0.4, 0.5) is 0 Å². The SMILES string of the molecule is CC[N+]1(CCCC(C)=O)CCCCC1. The molecule has 82 valence electrons. The van der Waals surface area contributed by atoms with Crippen molar-refractivity contribution >= 4 is 5.78 Å². The molecule has 0 amide bonds. The monoisotopic (exact) mass is 198 g/mol. The molecular formula is C12H24NO+. The highest BCUT2D eigenvalue weighted by atomic mass is 16.1. The van der Waals surface area contributed by atoms with Crippen LogP contribution in [0.3, 0.4) is 0 Å². The summed E-state index contributed by atoms with van der Waals surface area (Å²) in [4.78, 5) is 10.9. The Kier molecular flexibility index (Phi) is 4.59. The van der Waals surface area contributed by atoms with E-state index in [4.69, 9.17) is 0 Å². The smallest absolute Gasteiger partial charge is 0.130 e. The van der Waals surface area contributed by atoms with Crippen molar-refractivity contribution in [1.29, 1.82) is 0 Å². The number of rotatable bonds is 5. The van der Waals surface area contributed by atoms with Crippen LogP contribution in [0.1, 0.15) is 46.0 Å². The Labute approximate surface area is 87.9 Å². The van der Waals surface area contributed by atoms with Gasteiger partial charge in [0.15, 0.2) is 0 Å². The summed E-state index contributed by atoms with van der Waals surface area (Å²) in [5.74, 6) is 0.344. The van der Waals surface area contributed by atoms with Crippen LogP contribution in [0.25, 0.3) is 0 Å². The van der Waals surface area contributed by atoms with Crippen molar-refractivity contribution in [3.63, 3.8) is 0 Å². The molecule has 0 atom stereocenters. The van der Waals surface area contributed by atoms with E-state index in [-0.39, 0.29) is 0 Å². The first kappa shape index (κ1) is 11.7. The molecule has 0 bridgehead atoms. The highest BCUT2D eigenvalue weighted by molar-refractivity contribution is 5.75. The number of ketones is 1. The molecule has 1 saturated heterocycles.